The Kier molecular flexibility index (Phi) is 4.68. The van der Waals surface area contributed by atoms with Gasteiger partial charge in [-0.3, -0.25) is 14.6 Å². The highest BCUT2D eigenvalue weighted by atomic mass is 15.3. The average molecular weight is 300 g/mol. The van der Waals surface area contributed by atoms with Gasteiger partial charge in [0.15, 0.2) is 0 Å². The first-order chi connectivity index (χ1) is 10.8. The molecular formula is C16H24N6. The number of hydrogen-bond donors (Lipinski definition) is 1. The molecule has 118 valence electrons. The largest absolute Gasteiger partial charge is 0.372 e. The second-order valence-corrected chi connectivity index (χ2v) is 5.82. The number of likely N-dealkylation sites (tertiary alicyclic amines) is 1. The predicted octanol–water partition coefficient (Wildman–Crippen LogP) is 2.46. The van der Waals surface area contributed by atoms with E-state index in [9.17, 15) is 0 Å². The van der Waals surface area contributed by atoms with Gasteiger partial charge in [-0.15, -0.1) is 0 Å². The van der Waals surface area contributed by atoms with Crippen LogP contribution < -0.4 is 5.32 Å². The molecule has 1 fully saturated rings. The number of nitrogens with one attached hydrogen (secondary N) is 1. The SMILES string of the molecule is CCCn1cc(CN2CCCC2c2cncc(NC)n2)cn1. The van der Waals surface area contributed by atoms with E-state index < -0.39 is 0 Å². The molecule has 2 aromatic heterocycles. The fourth-order valence-corrected chi connectivity index (χ4v) is 3.09. The van der Waals surface area contributed by atoms with E-state index in [1.807, 2.05) is 24.1 Å². The summed E-state index contributed by atoms with van der Waals surface area (Å²) in [6.45, 7) is 5.19. The Morgan fingerprint density at radius 1 is 1.32 bits per heavy atom. The number of aromatic nitrogens is 4. The highest BCUT2D eigenvalue weighted by molar-refractivity contribution is 5.31. The van der Waals surface area contributed by atoms with Crippen molar-refractivity contribution in [2.24, 2.45) is 0 Å². The molecule has 0 radical (unpaired) electrons. The van der Waals surface area contributed by atoms with Gasteiger partial charge in [-0.2, -0.15) is 5.10 Å². The Hall–Kier alpha value is -1.95. The minimum Gasteiger partial charge on any atom is -0.372 e. The Bertz CT molecular complexity index is 608. The molecule has 0 amide bonds. The van der Waals surface area contributed by atoms with E-state index in [4.69, 9.17) is 0 Å². The summed E-state index contributed by atoms with van der Waals surface area (Å²) in [5.74, 6) is 0.833. The van der Waals surface area contributed by atoms with Gasteiger partial charge in [0.25, 0.3) is 0 Å². The van der Waals surface area contributed by atoms with E-state index in [0.29, 0.717) is 6.04 Å². The normalized spacial score (nSPS) is 18.7. The minimum atomic E-state index is 0.357. The van der Waals surface area contributed by atoms with Gasteiger partial charge in [-0.25, -0.2) is 4.98 Å². The molecule has 0 spiro atoms. The maximum Gasteiger partial charge on any atom is 0.144 e. The summed E-state index contributed by atoms with van der Waals surface area (Å²) in [4.78, 5) is 11.4. The molecule has 1 aliphatic heterocycles. The van der Waals surface area contributed by atoms with E-state index >= 15 is 0 Å². The Morgan fingerprint density at radius 3 is 3.05 bits per heavy atom. The molecule has 0 aliphatic carbocycles. The first-order valence-electron chi connectivity index (χ1n) is 8.05. The van der Waals surface area contributed by atoms with Crippen LogP contribution in [0.25, 0.3) is 0 Å². The summed E-state index contributed by atoms with van der Waals surface area (Å²) in [5.41, 5.74) is 2.34. The van der Waals surface area contributed by atoms with Crippen LogP contribution in [-0.2, 0) is 13.1 Å². The van der Waals surface area contributed by atoms with Crippen molar-refractivity contribution in [3.05, 3.63) is 36.0 Å². The fourth-order valence-electron chi connectivity index (χ4n) is 3.09. The first kappa shape index (κ1) is 15.0. The lowest BCUT2D eigenvalue weighted by Gasteiger charge is -2.23. The molecule has 1 unspecified atom stereocenters. The maximum absolute atomic E-state index is 4.66. The van der Waals surface area contributed by atoms with Gasteiger partial charge in [0.2, 0.25) is 0 Å². The highest BCUT2D eigenvalue weighted by Gasteiger charge is 2.27. The van der Waals surface area contributed by atoms with Crippen molar-refractivity contribution in [2.75, 3.05) is 18.9 Å². The summed E-state index contributed by atoms with van der Waals surface area (Å²) >= 11 is 0. The number of aryl methyl sites for hydroxylation is 1. The molecule has 1 aliphatic rings. The van der Waals surface area contributed by atoms with E-state index in [2.05, 4.69) is 38.4 Å². The smallest absolute Gasteiger partial charge is 0.144 e. The van der Waals surface area contributed by atoms with Crippen LogP contribution in [0.1, 0.15) is 43.5 Å². The van der Waals surface area contributed by atoms with Crippen molar-refractivity contribution in [2.45, 2.75) is 45.3 Å². The zero-order valence-electron chi connectivity index (χ0n) is 13.4. The van der Waals surface area contributed by atoms with Crippen molar-refractivity contribution in [1.82, 2.24) is 24.6 Å². The lowest BCUT2D eigenvalue weighted by molar-refractivity contribution is 0.244. The first-order valence-corrected chi connectivity index (χ1v) is 8.05. The van der Waals surface area contributed by atoms with E-state index in [1.54, 1.807) is 6.20 Å². The summed E-state index contributed by atoms with van der Waals surface area (Å²) in [7, 11) is 1.88. The Labute approximate surface area is 131 Å². The van der Waals surface area contributed by atoms with Gasteiger partial charge < -0.3 is 5.32 Å². The number of anilines is 1. The van der Waals surface area contributed by atoms with E-state index in [1.165, 1.54) is 12.0 Å². The zero-order valence-corrected chi connectivity index (χ0v) is 13.4. The molecule has 1 atom stereocenters. The van der Waals surface area contributed by atoms with Gasteiger partial charge in [-0.05, 0) is 25.8 Å². The zero-order chi connectivity index (χ0) is 15.4. The lowest BCUT2D eigenvalue weighted by Crippen LogP contribution is -2.23. The van der Waals surface area contributed by atoms with Crippen molar-refractivity contribution in [3.8, 4) is 0 Å². The molecule has 22 heavy (non-hydrogen) atoms. The second kappa shape index (κ2) is 6.87. The van der Waals surface area contributed by atoms with Crippen LogP contribution in [0, 0.1) is 0 Å². The quantitative estimate of drug-likeness (QED) is 0.888. The van der Waals surface area contributed by atoms with Crippen molar-refractivity contribution < 1.29 is 0 Å². The van der Waals surface area contributed by atoms with Crippen molar-refractivity contribution >= 4 is 5.82 Å². The van der Waals surface area contributed by atoms with Crippen LogP contribution in [0.15, 0.2) is 24.8 Å². The molecule has 6 heteroatoms. The van der Waals surface area contributed by atoms with Gasteiger partial charge in [-0.1, -0.05) is 6.92 Å². The second-order valence-electron chi connectivity index (χ2n) is 5.82. The Morgan fingerprint density at radius 2 is 2.23 bits per heavy atom. The molecule has 0 bridgehead atoms. The monoisotopic (exact) mass is 300 g/mol. The summed E-state index contributed by atoms with van der Waals surface area (Å²) < 4.78 is 2.03. The third-order valence-corrected chi connectivity index (χ3v) is 4.14. The number of nitrogens with zero attached hydrogens (tertiary/aromatic N) is 5. The highest BCUT2D eigenvalue weighted by Crippen LogP contribution is 2.32. The topological polar surface area (TPSA) is 58.9 Å². The molecule has 1 N–H and O–H groups in total. The number of rotatable bonds is 6. The van der Waals surface area contributed by atoms with Crippen LogP contribution in [0.5, 0.6) is 0 Å². The molecule has 3 heterocycles. The van der Waals surface area contributed by atoms with Crippen LogP contribution in [0.4, 0.5) is 5.82 Å². The summed E-state index contributed by atoms with van der Waals surface area (Å²) in [6, 6.07) is 0.357. The van der Waals surface area contributed by atoms with Gasteiger partial charge in [0.05, 0.1) is 30.3 Å². The minimum absolute atomic E-state index is 0.357. The fraction of sp³-hybridized carbons (Fsp3) is 0.562. The number of hydrogen-bond acceptors (Lipinski definition) is 5. The third-order valence-electron chi connectivity index (χ3n) is 4.14. The standard InChI is InChI=1S/C16H24N6/c1-3-6-22-12-13(8-19-22)11-21-7-4-5-15(21)14-9-18-10-16(17-2)20-14/h8-10,12,15H,3-7,11H2,1-2H3,(H,17,20). The van der Waals surface area contributed by atoms with Crippen LogP contribution in [0.2, 0.25) is 0 Å². The average Bonchev–Trinajstić information content (AvgIpc) is 3.18. The molecule has 1 saturated heterocycles. The molecule has 2 aromatic rings. The van der Waals surface area contributed by atoms with Gasteiger partial charge >= 0.3 is 0 Å². The van der Waals surface area contributed by atoms with Crippen LogP contribution in [0.3, 0.4) is 0 Å². The lowest BCUT2D eigenvalue weighted by atomic mass is 10.1. The molecule has 0 saturated carbocycles. The maximum atomic E-state index is 4.66. The van der Waals surface area contributed by atoms with Crippen molar-refractivity contribution in [1.29, 1.82) is 0 Å². The van der Waals surface area contributed by atoms with Crippen LogP contribution in [-0.4, -0.2) is 38.2 Å². The predicted molar refractivity (Wildman–Crippen MR) is 86.5 cm³/mol. The molecular weight excluding hydrogens is 276 g/mol. The Balaban J connectivity index is 1.72. The van der Waals surface area contributed by atoms with E-state index in [-0.39, 0.29) is 0 Å². The summed E-state index contributed by atoms with van der Waals surface area (Å²) in [5, 5.41) is 7.49. The van der Waals surface area contributed by atoms with Crippen molar-refractivity contribution in [3.63, 3.8) is 0 Å². The third kappa shape index (κ3) is 3.27. The summed E-state index contributed by atoms with van der Waals surface area (Å²) in [6.07, 6.45) is 11.3. The van der Waals surface area contributed by atoms with Crippen LogP contribution >= 0.6 is 0 Å². The molecule has 6 nitrogen and oxygen atoms in total. The molecule has 0 aromatic carbocycles. The van der Waals surface area contributed by atoms with E-state index in [0.717, 1.165) is 44.0 Å². The van der Waals surface area contributed by atoms with Gasteiger partial charge in [0, 0.05) is 31.9 Å². The molecule has 3 rings (SSSR count). The van der Waals surface area contributed by atoms with Gasteiger partial charge in [0.1, 0.15) is 5.82 Å².